The van der Waals surface area contributed by atoms with Crippen molar-refractivity contribution in [1.29, 1.82) is 0 Å². The van der Waals surface area contributed by atoms with Gasteiger partial charge in [-0.1, -0.05) is 0 Å². The van der Waals surface area contributed by atoms with Crippen LogP contribution in [0.15, 0.2) is 18.3 Å². The molecule has 3 saturated carbocycles. The molecular formula is C21H26F3N5O. The summed E-state index contributed by atoms with van der Waals surface area (Å²) in [6, 6.07) is 3.05. The maximum Gasteiger partial charge on any atom is 0.419 e. The lowest BCUT2D eigenvalue weighted by Crippen LogP contribution is -2.77. The van der Waals surface area contributed by atoms with Gasteiger partial charge in [-0.25, -0.2) is 4.98 Å². The third-order valence-electron chi connectivity index (χ3n) is 6.97. The second-order valence-electron chi connectivity index (χ2n) is 9.24. The Hall–Kier alpha value is -2.13. The molecule has 6 nitrogen and oxygen atoms in total. The first-order chi connectivity index (χ1) is 14.1. The topological polar surface area (TPSA) is 69.2 Å². The van der Waals surface area contributed by atoms with Crippen LogP contribution in [-0.2, 0) is 16.3 Å². The zero-order valence-corrected chi connectivity index (χ0v) is 17.2. The van der Waals surface area contributed by atoms with E-state index < -0.39 is 17.6 Å². The summed E-state index contributed by atoms with van der Waals surface area (Å²) in [6.07, 6.45) is 0.0332. The number of nitrogen functional groups attached to an aromatic ring is 1. The van der Waals surface area contributed by atoms with E-state index in [1.807, 2.05) is 24.6 Å². The lowest BCUT2D eigenvalue weighted by Gasteiger charge is -2.74. The first kappa shape index (κ1) is 19.8. The Morgan fingerprint density at radius 1 is 1.13 bits per heavy atom. The number of ether oxygens (including phenoxy) is 1. The van der Waals surface area contributed by atoms with Crippen LogP contribution in [0.5, 0.6) is 0 Å². The summed E-state index contributed by atoms with van der Waals surface area (Å²) in [6.45, 7) is 7.47. The number of hydrogen-bond acceptors (Lipinski definition) is 5. The second kappa shape index (κ2) is 6.43. The molecular weight excluding hydrogens is 395 g/mol. The first-order valence-corrected chi connectivity index (χ1v) is 10.4. The van der Waals surface area contributed by atoms with E-state index in [0.29, 0.717) is 11.3 Å². The average Bonchev–Trinajstić information content (AvgIpc) is 3.05. The molecule has 2 aromatic heterocycles. The van der Waals surface area contributed by atoms with Gasteiger partial charge in [0, 0.05) is 41.8 Å². The minimum atomic E-state index is -4.54. The normalized spacial score (nSPS) is 29.0. The van der Waals surface area contributed by atoms with Gasteiger partial charge in [0.25, 0.3) is 0 Å². The molecule has 0 unspecified atom stereocenters. The van der Waals surface area contributed by atoms with Crippen LogP contribution < -0.4 is 5.73 Å². The number of anilines is 1. The number of morpholine rings is 1. The highest BCUT2D eigenvalue weighted by molar-refractivity contribution is 5.64. The van der Waals surface area contributed by atoms with Gasteiger partial charge in [0.05, 0.1) is 30.2 Å². The molecule has 2 N–H and O–H groups in total. The Kier molecular flexibility index (Phi) is 4.25. The molecule has 1 saturated heterocycles. The van der Waals surface area contributed by atoms with Crippen molar-refractivity contribution < 1.29 is 17.9 Å². The fourth-order valence-electron chi connectivity index (χ4n) is 5.48. The van der Waals surface area contributed by atoms with Gasteiger partial charge in [0.2, 0.25) is 0 Å². The van der Waals surface area contributed by atoms with E-state index in [9.17, 15) is 13.2 Å². The largest absolute Gasteiger partial charge is 0.419 e. The van der Waals surface area contributed by atoms with E-state index in [-0.39, 0.29) is 17.0 Å². The van der Waals surface area contributed by atoms with Crippen LogP contribution in [0.4, 0.5) is 19.0 Å². The van der Waals surface area contributed by atoms with Crippen LogP contribution in [0.3, 0.4) is 0 Å². The molecule has 4 fully saturated rings. The van der Waals surface area contributed by atoms with Gasteiger partial charge in [0.1, 0.15) is 5.82 Å². The Labute approximate surface area is 173 Å². The number of nitrogens with two attached hydrogens (primary N) is 1. The molecule has 3 aliphatic carbocycles. The molecule has 0 radical (unpaired) electrons. The summed E-state index contributed by atoms with van der Waals surface area (Å²) in [5, 5.41) is 4.84. The van der Waals surface area contributed by atoms with Crippen molar-refractivity contribution in [2.45, 2.75) is 56.3 Å². The molecule has 0 amide bonds. The molecule has 2 aromatic rings. The lowest BCUT2D eigenvalue weighted by atomic mass is 9.37. The fourth-order valence-corrected chi connectivity index (χ4v) is 5.48. The van der Waals surface area contributed by atoms with Crippen LogP contribution in [0.2, 0.25) is 0 Å². The maximum absolute atomic E-state index is 13.3. The Morgan fingerprint density at radius 2 is 1.80 bits per heavy atom. The standard InChI is InChI=1S/C21H26F3N5O/c1-13(2)29-16(14-7-15(21(22,23)24)18(25)26-9-14)8-17(27-29)19-10-20(11-19,12-19)28-3-5-30-6-4-28/h7-9,13H,3-6,10-12H2,1-2H3,(H2,25,26). The quantitative estimate of drug-likeness (QED) is 0.817. The molecule has 30 heavy (non-hydrogen) atoms. The summed E-state index contributed by atoms with van der Waals surface area (Å²) >= 11 is 0. The number of pyridine rings is 1. The summed E-state index contributed by atoms with van der Waals surface area (Å²) < 4.78 is 47.3. The molecule has 0 aromatic carbocycles. The van der Waals surface area contributed by atoms with E-state index in [1.54, 1.807) is 0 Å². The molecule has 3 heterocycles. The van der Waals surface area contributed by atoms with Crippen LogP contribution >= 0.6 is 0 Å². The fraction of sp³-hybridized carbons (Fsp3) is 0.619. The second-order valence-corrected chi connectivity index (χ2v) is 9.24. The summed E-state index contributed by atoms with van der Waals surface area (Å²) in [5.74, 6) is -0.506. The predicted octanol–water partition coefficient (Wildman–Crippen LogP) is 3.63. The lowest BCUT2D eigenvalue weighted by molar-refractivity contribution is -0.190. The monoisotopic (exact) mass is 421 g/mol. The van der Waals surface area contributed by atoms with Gasteiger partial charge in [-0.3, -0.25) is 9.58 Å². The Bertz CT molecular complexity index is 958. The molecule has 162 valence electrons. The highest BCUT2D eigenvalue weighted by Crippen LogP contribution is 2.70. The number of hydrogen-bond donors (Lipinski definition) is 1. The number of nitrogens with zero attached hydrogens (tertiary/aromatic N) is 4. The molecule has 4 aliphatic rings. The van der Waals surface area contributed by atoms with Gasteiger partial charge in [0.15, 0.2) is 0 Å². The van der Waals surface area contributed by atoms with Gasteiger partial charge in [-0.15, -0.1) is 0 Å². The minimum absolute atomic E-state index is 0.0150. The van der Waals surface area contributed by atoms with Crippen molar-refractivity contribution in [2.24, 2.45) is 0 Å². The van der Waals surface area contributed by atoms with Crippen molar-refractivity contribution in [3.8, 4) is 11.3 Å². The molecule has 9 heteroatoms. The van der Waals surface area contributed by atoms with Crippen LogP contribution in [0.25, 0.3) is 11.3 Å². The zero-order chi connectivity index (χ0) is 21.3. The molecule has 2 bridgehead atoms. The Morgan fingerprint density at radius 3 is 2.40 bits per heavy atom. The van der Waals surface area contributed by atoms with Gasteiger partial charge >= 0.3 is 6.18 Å². The van der Waals surface area contributed by atoms with Crippen LogP contribution in [0, 0.1) is 0 Å². The smallest absolute Gasteiger partial charge is 0.383 e. The van der Waals surface area contributed by atoms with Crippen LogP contribution in [-0.4, -0.2) is 51.5 Å². The average molecular weight is 421 g/mol. The van der Waals surface area contributed by atoms with E-state index >= 15 is 0 Å². The Balaban J connectivity index is 1.45. The van der Waals surface area contributed by atoms with E-state index in [2.05, 4.69) is 9.88 Å². The van der Waals surface area contributed by atoms with Crippen molar-refractivity contribution in [3.63, 3.8) is 0 Å². The van der Waals surface area contributed by atoms with Crippen molar-refractivity contribution in [3.05, 3.63) is 29.6 Å². The van der Waals surface area contributed by atoms with E-state index in [1.165, 1.54) is 6.20 Å². The van der Waals surface area contributed by atoms with Gasteiger partial charge in [-0.2, -0.15) is 18.3 Å². The molecule has 1 aliphatic heterocycles. The van der Waals surface area contributed by atoms with Crippen molar-refractivity contribution in [2.75, 3.05) is 32.0 Å². The number of halogens is 3. The van der Waals surface area contributed by atoms with Crippen molar-refractivity contribution >= 4 is 5.82 Å². The summed E-state index contributed by atoms with van der Waals surface area (Å²) in [7, 11) is 0. The SMILES string of the molecule is CC(C)n1nc(C23CC(N4CCOCC4)(C2)C3)cc1-c1cnc(N)c(C(F)(F)F)c1. The summed E-state index contributed by atoms with van der Waals surface area (Å²) in [5.41, 5.74) is 6.90. The minimum Gasteiger partial charge on any atom is -0.383 e. The number of rotatable bonds is 4. The van der Waals surface area contributed by atoms with E-state index in [4.69, 9.17) is 15.6 Å². The highest BCUT2D eigenvalue weighted by Gasteiger charge is 2.71. The summed E-state index contributed by atoms with van der Waals surface area (Å²) in [4.78, 5) is 6.35. The highest BCUT2D eigenvalue weighted by atomic mass is 19.4. The molecule has 0 spiro atoms. The van der Waals surface area contributed by atoms with Crippen molar-refractivity contribution in [1.82, 2.24) is 19.7 Å². The predicted molar refractivity (Wildman–Crippen MR) is 106 cm³/mol. The zero-order valence-electron chi connectivity index (χ0n) is 17.2. The van der Waals surface area contributed by atoms with Crippen LogP contribution in [0.1, 0.15) is 50.4 Å². The third kappa shape index (κ3) is 2.85. The maximum atomic E-state index is 13.3. The molecule has 6 rings (SSSR count). The third-order valence-corrected chi connectivity index (χ3v) is 6.97. The molecule has 0 atom stereocenters. The first-order valence-electron chi connectivity index (χ1n) is 10.4. The number of aromatic nitrogens is 3. The van der Waals surface area contributed by atoms with Gasteiger partial charge in [-0.05, 0) is 45.2 Å². The van der Waals surface area contributed by atoms with E-state index in [0.717, 1.165) is 57.3 Å². The number of alkyl halides is 3. The van der Waals surface area contributed by atoms with Gasteiger partial charge < -0.3 is 10.5 Å².